The molecular formula is C23H23NO2. The molecule has 3 aliphatic rings. The standard InChI is InChI=1S/C23H23NO2/c24-15-16-9-11-18(12-10-16)22-20-8-4-7-19(20)21(17-5-2-1-3-6-17)23(22)25-13-14-26-23/h1-3,5-6,9-12,19-22H,4,7-8,13-14H2. The lowest BCUT2D eigenvalue weighted by Crippen LogP contribution is -2.40. The SMILES string of the molecule is N#Cc1ccc(C2C3CCCC3C(c3ccccc3)C23OCCO3)cc1. The third-order valence-electron chi connectivity index (χ3n) is 6.64. The van der Waals surface area contributed by atoms with E-state index in [1.807, 2.05) is 12.1 Å². The van der Waals surface area contributed by atoms with Gasteiger partial charge in [-0.1, -0.05) is 48.9 Å². The number of fused-ring (bicyclic) bond motifs is 1. The van der Waals surface area contributed by atoms with Gasteiger partial charge < -0.3 is 9.47 Å². The van der Waals surface area contributed by atoms with E-state index in [4.69, 9.17) is 14.7 Å². The summed E-state index contributed by atoms with van der Waals surface area (Å²) in [6, 6.07) is 21.1. The normalized spacial score (nSPS) is 31.8. The first-order chi connectivity index (χ1) is 12.8. The van der Waals surface area contributed by atoms with Gasteiger partial charge in [0.05, 0.1) is 24.8 Å². The fraction of sp³-hybridized carbons (Fsp3) is 0.435. The lowest BCUT2D eigenvalue weighted by Gasteiger charge is -2.37. The Hall–Kier alpha value is -2.15. The van der Waals surface area contributed by atoms with Gasteiger partial charge in [-0.3, -0.25) is 0 Å². The van der Waals surface area contributed by atoms with Gasteiger partial charge in [0.1, 0.15) is 0 Å². The van der Waals surface area contributed by atoms with Crippen molar-refractivity contribution in [1.29, 1.82) is 5.26 Å². The zero-order chi connectivity index (χ0) is 17.6. The number of rotatable bonds is 2. The molecule has 4 unspecified atom stereocenters. The van der Waals surface area contributed by atoms with Crippen molar-refractivity contribution in [2.24, 2.45) is 11.8 Å². The molecule has 3 fully saturated rings. The van der Waals surface area contributed by atoms with Gasteiger partial charge in [-0.2, -0.15) is 5.26 Å². The van der Waals surface area contributed by atoms with Crippen LogP contribution in [0.4, 0.5) is 0 Å². The van der Waals surface area contributed by atoms with Crippen LogP contribution in [0.5, 0.6) is 0 Å². The molecule has 0 aromatic heterocycles. The molecule has 2 saturated carbocycles. The van der Waals surface area contributed by atoms with Crippen LogP contribution in [0.3, 0.4) is 0 Å². The first kappa shape index (κ1) is 16.1. The summed E-state index contributed by atoms with van der Waals surface area (Å²) < 4.78 is 12.9. The number of benzene rings is 2. The zero-order valence-corrected chi connectivity index (χ0v) is 14.8. The Bertz CT molecular complexity index is 818. The van der Waals surface area contributed by atoms with E-state index in [0.717, 1.165) is 0 Å². The average molecular weight is 345 g/mol. The minimum Gasteiger partial charge on any atom is -0.346 e. The second-order valence-corrected chi connectivity index (χ2v) is 7.78. The van der Waals surface area contributed by atoms with E-state index in [2.05, 4.69) is 48.5 Å². The molecular weight excluding hydrogens is 322 g/mol. The van der Waals surface area contributed by atoms with Gasteiger partial charge in [0.25, 0.3) is 0 Å². The zero-order valence-electron chi connectivity index (χ0n) is 14.8. The van der Waals surface area contributed by atoms with E-state index in [-0.39, 0.29) is 11.8 Å². The highest BCUT2D eigenvalue weighted by atomic mass is 16.7. The summed E-state index contributed by atoms with van der Waals surface area (Å²) >= 11 is 0. The summed E-state index contributed by atoms with van der Waals surface area (Å²) in [5, 5.41) is 9.14. The fourth-order valence-electron chi connectivity index (χ4n) is 5.82. The van der Waals surface area contributed by atoms with Crippen LogP contribution in [-0.4, -0.2) is 19.0 Å². The molecule has 2 aromatic carbocycles. The fourth-order valence-corrected chi connectivity index (χ4v) is 5.82. The Labute approximate surface area is 154 Å². The van der Waals surface area contributed by atoms with E-state index in [9.17, 15) is 0 Å². The molecule has 1 heterocycles. The molecule has 2 aromatic rings. The van der Waals surface area contributed by atoms with Crippen molar-refractivity contribution in [1.82, 2.24) is 0 Å². The number of nitriles is 1. The molecule has 3 heteroatoms. The second-order valence-electron chi connectivity index (χ2n) is 7.78. The van der Waals surface area contributed by atoms with E-state index < -0.39 is 5.79 Å². The van der Waals surface area contributed by atoms with Gasteiger partial charge >= 0.3 is 0 Å². The third-order valence-corrected chi connectivity index (χ3v) is 6.64. The third kappa shape index (κ3) is 2.26. The summed E-state index contributed by atoms with van der Waals surface area (Å²) in [4.78, 5) is 0. The smallest absolute Gasteiger partial charge is 0.182 e. The van der Waals surface area contributed by atoms with Crippen LogP contribution in [-0.2, 0) is 9.47 Å². The number of ether oxygens (including phenoxy) is 2. The summed E-state index contributed by atoms with van der Waals surface area (Å²) in [5.41, 5.74) is 3.29. The topological polar surface area (TPSA) is 42.2 Å². The van der Waals surface area contributed by atoms with E-state index in [1.54, 1.807) is 0 Å². The molecule has 132 valence electrons. The second kappa shape index (κ2) is 6.23. The molecule has 0 N–H and O–H groups in total. The molecule has 1 aliphatic heterocycles. The van der Waals surface area contributed by atoms with Crippen molar-refractivity contribution in [3.05, 3.63) is 71.3 Å². The molecule has 0 radical (unpaired) electrons. The summed E-state index contributed by atoms with van der Waals surface area (Å²) in [5.74, 6) is 1.11. The molecule has 0 amide bonds. The largest absolute Gasteiger partial charge is 0.346 e. The predicted octanol–water partition coefficient (Wildman–Crippen LogP) is 4.60. The highest BCUT2D eigenvalue weighted by Gasteiger charge is 2.65. The summed E-state index contributed by atoms with van der Waals surface area (Å²) in [6.07, 6.45) is 3.75. The van der Waals surface area contributed by atoms with E-state index in [1.165, 1.54) is 30.4 Å². The quantitative estimate of drug-likeness (QED) is 0.799. The Morgan fingerprint density at radius 3 is 1.96 bits per heavy atom. The van der Waals surface area contributed by atoms with Gasteiger partial charge in [-0.15, -0.1) is 0 Å². The van der Waals surface area contributed by atoms with Crippen LogP contribution in [0.2, 0.25) is 0 Å². The summed E-state index contributed by atoms with van der Waals surface area (Å²) in [6.45, 7) is 1.32. The monoisotopic (exact) mass is 345 g/mol. The minimum absolute atomic E-state index is 0.232. The molecule has 26 heavy (non-hydrogen) atoms. The van der Waals surface area contributed by atoms with Gasteiger partial charge in [0.15, 0.2) is 5.79 Å². The van der Waals surface area contributed by atoms with Crippen LogP contribution in [0.25, 0.3) is 0 Å². The predicted molar refractivity (Wildman–Crippen MR) is 98.5 cm³/mol. The average Bonchev–Trinajstić information content (AvgIpc) is 3.40. The van der Waals surface area contributed by atoms with Crippen molar-refractivity contribution >= 4 is 0 Å². The van der Waals surface area contributed by atoms with Crippen molar-refractivity contribution in [3.8, 4) is 6.07 Å². The first-order valence-corrected chi connectivity index (χ1v) is 9.66. The van der Waals surface area contributed by atoms with Crippen LogP contribution in [0.15, 0.2) is 54.6 Å². The highest BCUT2D eigenvalue weighted by Crippen LogP contribution is 2.65. The molecule has 2 aliphatic carbocycles. The maximum atomic E-state index is 9.14. The maximum absolute atomic E-state index is 9.14. The number of nitrogens with zero attached hydrogens (tertiary/aromatic N) is 1. The van der Waals surface area contributed by atoms with Crippen LogP contribution < -0.4 is 0 Å². The number of hydrogen-bond donors (Lipinski definition) is 0. The van der Waals surface area contributed by atoms with Gasteiger partial charge in [0.2, 0.25) is 0 Å². The van der Waals surface area contributed by atoms with Crippen LogP contribution >= 0.6 is 0 Å². The lowest BCUT2D eigenvalue weighted by molar-refractivity contribution is -0.180. The van der Waals surface area contributed by atoms with Gasteiger partial charge in [-0.25, -0.2) is 0 Å². The minimum atomic E-state index is -0.564. The molecule has 4 atom stereocenters. The number of hydrogen-bond acceptors (Lipinski definition) is 3. The Morgan fingerprint density at radius 1 is 0.808 bits per heavy atom. The van der Waals surface area contributed by atoms with Gasteiger partial charge in [-0.05, 0) is 47.9 Å². The molecule has 1 saturated heterocycles. The van der Waals surface area contributed by atoms with E-state index in [0.29, 0.717) is 30.6 Å². The highest BCUT2D eigenvalue weighted by molar-refractivity contribution is 5.39. The van der Waals surface area contributed by atoms with E-state index >= 15 is 0 Å². The molecule has 0 bridgehead atoms. The van der Waals surface area contributed by atoms with Crippen molar-refractivity contribution < 1.29 is 9.47 Å². The molecule has 1 spiro atoms. The van der Waals surface area contributed by atoms with Crippen molar-refractivity contribution in [2.45, 2.75) is 36.9 Å². The maximum Gasteiger partial charge on any atom is 0.182 e. The Morgan fingerprint density at radius 2 is 1.38 bits per heavy atom. The van der Waals surface area contributed by atoms with Crippen LogP contribution in [0, 0.1) is 23.2 Å². The van der Waals surface area contributed by atoms with Gasteiger partial charge in [0, 0.05) is 11.8 Å². The van der Waals surface area contributed by atoms with Crippen molar-refractivity contribution in [2.75, 3.05) is 13.2 Å². The summed E-state index contributed by atoms with van der Waals surface area (Å²) in [7, 11) is 0. The van der Waals surface area contributed by atoms with Crippen molar-refractivity contribution in [3.63, 3.8) is 0 Å². The lowest BCUT2D eigenvalue weighted by atomic mass is 9.82. The Kier molecular flexibility index (Phi) is 3.85. The van der Waals surface area contributed by atoms with Crippen LogP contribution in [0.1, 0.15) is 47.8 Å². The Balaban J connectivity index is 1.64. The molecule has 5 rings (SSSR count). The molecule has 3 nitrogen and oxygen atoms in total. The first-order valence-electron chi connectivity index (χ1n) is 9.66.